The molecule has 2 aromatic carbocycles. The molecule has 2 aromatic rings. The third-order valence-electron chi connectivity index (χ3n) is 4.94. The quantitative estimate of drug-likeness (QED) is 0.274. The van der Waals surface area contributed by atoms with Crippen LogP contribution in [0.3, 0.4) is 0 Å². The molecule has 0 saturated heterocycles. The van der Waals surface area contributed by atoms with Gasteiger partial charge in [-0.25, -0.2) is 0 Å². The van der Waals surface area contributed by atoms with Crippen molar-refractivity contribution in [1.82, 2.24) is 5.32 Å². The fourth-order valence-corrected chi connectivity index (χ4v) is 3.67. The van der Waals surface area contributed by atoms with Crippen molar-refractivity contribution in [2.75, 3.05) is 6.61 Å². The predicted octanol–water partition coefficient (Wildman–Crippen LogP) is 5.84. The number of amides is 1. The molecule has 3 rings (SSSR count). The van der Waals surface area contributed by atoms with Gasteiger partial charge in [0, 0.05) is 32.8 Å². The van der Waals surface area contributed by atoms with Gasteiger partial charge < -0.3 is 10.1 Å². The molecular weight excluding hydrogens is 400 g/mol. The summed E-state index contributed by atoms with van der Waals surface area (Å²) in [5.41, 5.74) is 10.5. The van der Waals surface area contributed by atoms with Crippen LogP contribution in [0.25, 0.3) is 10.4 Å². The number of ether oxygens (including phenoxy) is 1. The van der Waals surface area contributed by atoms with E-state index in [-0.39, 0.29) is 18.6 Å². The SMILES string of the molecule is [N-]=[N+]=Nc1ccc(Cl)cc1C(OCC#Cc1ccccc1)C(=O)NC1CCCCC1. The molecular formula is C23H23ClN4O2. The number of hydrogen-bond donors (Lipinski definition) is 1. The number of carbonyl (C=O) groups is 1. The number of nitrogens with zero attached hydrogens (tertiary/aromatic N) is 3. The second kappa shape index (κ2) is 11.3. The molecule has 6 nitrogen and oxygen atoms in total. The Kier molecular flexibility index (Phi) is 8.17. The molecule has 1 N–H and O–H groups in total. The molecule has 0 aliphatic heterocycles. The van der Waals surface area contributed by atoms with Gasteiger partial charge in [-0.15, -0.1) is 0 Å². The molecule has 1 unspecified atom stereocenters. The Bertz CT molecular complexity index is 972. The molecule has 1 saturated carbocycles. The summed E-state index contributed by atoms with van der Waals surface area (Å²) in [6.45, 7) is 0.0415. The van der Waals surface area contributed by atoms with E-state index in [0.717, 1.165) is 31.2 Å². The van der Waals surface area contributed by atoms with Crippen LogP contribution >= 0.6 is 11.6 Å². The number of carbonyl (C=O) groups excluding carboxylic acids is 1. The Morgan fingerprint density at radius 1 is 1.23 bits per heavy atom. The first-order valence-electron chi connectivity index (χ1n) is 9.98. The molecule has 1 aliphatic rings. The van der Waals surface area contributed by atoms with Gasteiger partial charge in [0.2, 0.25) is 0 Å². The third kappa shape index (κ3) is 6.27. The van der Waals surface area contributed by atoms with Gasteiger partial charge in [-0.05, 0) is 42.6 Å². The molecule has 154 valence electrons. The zero-order chi connectivity index (χ0) is 21.2. The molecule has 7 heteroatoms. The Morgan fingerprint density at radius 3 is 2.73 bits per heavy atom. The van der Waals surface area contributed by atoms with Gasteiger partial charge in [-0.2, -0.15) is 0 Å². The minimum atomic E-state index is -0.976. The van der Waals surface area contributed by atoms with E-state index in [1.165, 1.54) is 6.42 Å². The number of azide groups is 1. The summed E-state index contributed by atoms with van der Waals surface area (Å²) >= 11 is 6.15. The highest BCUT2D eigenvalue weighted by Crippen LogP contribution is 2.32. The minimum Gasteiger partial charge on any atom is -0.351 e. The van der Waals surface area contributed by atoms with Crippen molar-refractivity contribution >= 4 is 23.2 Å². The van der Waals surface area contributed by atoms with Gasteiger partial charge in [-0.3, -0.25) is 4.79 Å². The van der Waals surface area contributed by atoms with Crippen molar-refractivity contribution in [2.24, 2.45) is 5.11 Å². The normalized spacial score (nSPS) is 14.7. The van der Waals surface area contributed by atoms with Crippen molar-refractivity contribution in [3.05, 3.63) is 75.1 Å². The van der Waals surface area contributed by atoms with Crippen LogP contribution in [0.4, 0.5) is 5.69 Å². The van der Waals surface area contributed by atoms with E-state index in [0.29, 0.717) is 16.3 Å². The summed E-state index contributed by atoms with van der Waals surface area (Å²) in [7, 11) is 0. The van der Waals surface area contributed by atoms with E-state index in [1.54, 1.807) is 18.2 Å². The second-order valence-electron chi connectivity index (χ2n) is 7.09. The average molecular weight is 423 g/mol. The Hall–Kier alpha value is -2.97. The van der Waals surface area contributed by atoms with Crippen molar-refractivity contribution < 1.29 is 9.53 Å². The predicted molar refractivity (Wildman–Crippen MR) is 117 cm³/mol. The lowest BCUT2D eigenvalue weighted by Crippen LogP contribution is -2.40. The molecule has 30 heavy (non-hydrogen) atoms. The maximum absolute atomic E-state index is 13.1. The fraction of sp³-hybridized carbons (Fsp3) is 0.348. The zero-order valence-corrected chi connectivity index (χ0v) is 17.3. The van der Waals surface area contributed by atoms with Gasteiger partial charge in [0.15, 0.2) is 6.10 Å². The van der Waals surface area contributed by atoms with Crippen LogP contribution in [-0.2, 0) is 9.53 Å². The molecule has 0 heterocycles. The first-order valence-corrected chi connectivity index (χ1v) is 10.4. The number of halogens is 1. The van der Waals surface area contributed by atoms with Gasteiger partial charge in [0.05, 0.1) is 0 Å². The number of nitrogens with one attached hydrogen (secondary N) is 1. The minimum absolute atomic E-state index is 0.0415. The van der Waals surface area contributed by atoms with E-state index in [4.69, 9.17) is 21.9 Å². The maximum atomic E-state index is 13.1. The highest BCUT2D eigenvalue weighted by molar-refractivity contribution is 6.30. The largest absolute Gasteiger partial charge is 0.351 e. The van der Waals surface area contributed by atoms with Crippen LogP contribution < -0.4 is 5.32 Å². The smallest absolute Gasteiger partial charge is 0.254 e. The molecule has 1 fully saturated rings. The first-order chi connectivity index (χ1) is 14.7. The van der Waals surface area contributed by atoms with Crippen LogP contribution in [0, 0.1) is 11.8 Å². The van der Waals surface area contributed by atoms with Crippen molar-refractivity contribution in [3.63, 3.8) is 0 Å². The Morgan fingerprint density at radius 2 is 2.00 bits per heavy atom. The highest BCUT2D eigenvalue weighted by Gasteiger charge is 2.27. The lowest BCUT2D eigenvalue weighted by atomic mass is 9.95. The average Bonchev–Trinajstić information content (AvgIpc) is 2.77. The van der Waals surface area contributed by atoms with E-state index in [9.17, 15) is 4.79 Å². The van der Waals surface area contributed by atoms with Gasteiger partial charge in [0.25, 0.3) is 5.91 Å². The molecule has 0 radical (unpaired) electrons. The topological polar surface area (TPSA) is 87.1 Å². The standard InChI is InChI=1S/C23H23ClN4O2/c24-18-13-14-21(27-28-25)20(16-18)22(23(29)26-19-11-5-2-6-12-19)30-15-7-10-17-8-3-1-4-9-17/h1,3-4,8-9,13-14,16,19,22H,2,5-6,11-12,15H2,(H,26,29). The van der Waals surface area contributed by atoms with E-state index in [2.05, 4.69) is 27.2 Å². The number of hydrogen-bond acceptors (Lipinski definition) is 3. The van der Waals surface area contributed by atoms with Crippen LogP contribution in [0.5, 0.6) is 0 Å². The molecule has 0 aromatic heterocycles. The molecule has 1 amide bonds. The van der Waals surface area contributed by atoms with Gasteiger partial charge >= 0.3 is 0 Å². The maximum Gasteiger partial charge on any atom is 0.254 e. The van der Waals surface area contributed by atoms with Crippen molar-refractivity contribution in [3.8, 4) is 11.8 Å². The molecule has 0 bridgehead atoms. The van der Waals surface area contributed by atoms with Gasteiger partial charge in [-0.1, -0.05) is 72.1 Å². The highest BCUT2D eigenvalue weighted by atomic mass is 35.5. The fourth-order valence-electron chi connectivity index (χ4n) is 3.49. The summed E-state index contributed by atoms with van der Waals surface area (Å²) in [5.74, 6) is 5.67. The lowest BCUT2D eigenvalue weighted by molar-refractivity contribution is -0.133. The van der Waals surface area contributed by atoms with Crippen LogP contribution in [0.15, 0.2) is 53.6 Å². The van der Waals surface area contributed by atoms with Crippen molar-refractivity contribution in [2.45, 2.75) is 44.2 Å². The third-order valence-corrected chi connectivity index (χ3v) is 5.18. The van der Waals surface area contributed by atoms with Crippen LogP contribution in [0.1, 0.15) is 49.3 Å². The van der Waals surface area contributed by atoms with Crippen molar-refractivity contribution in [1.29, 1.82) is 0 Å². The van der Waals surface area contributed by atoms with E-state index < -0.39 is 6.10 Å². The molecule has 1 aliphatic carbocycles. The Labute approximate surface area is 181 Å². The van der Waals surface area contributed by atoms with Gasteiger partial charge in [0.1, 0.15) is 6.61 Å². The number of rotatable bonds is 6. The zero-order valence-electron chi connectivity index (χ0n) is 16.6. The summed E-state index contributed by atoms with van der Waals surface area (Å²) in [5, 5.41) is 7.20. The lowest BCUT2D eigenvalue weighted by Gasteiger charge is -2.26. The van der Waals surface area contributed by atoms with E-state index in [1.807, 2.05) is 30.3 Å². The summed E-state index contributed by atoms with van der Waals surface area (Å²) in [6.07, 6.45) is 4.31. The summed E-state index contributed by atoms with van der Waals surface area (Å²) < 4.78 is 5.87. The molecule has 0 spiro atoms. The Balaban J connectivity index is 1.81. The summed E-state index contributed by atoms with van der Waals surface area (Å²) in [4.78, 5) is 15.9. The first kappa shape index (κ1) is 21.7. The van der Waals surface area contributed by atoms with E-state index >= 15 is 0 Å². The van der Waals surface area contributed by atoms with Crippen LogP contribution in [0.2, 0.25) is 5.02 Å². The van der Waals surface area contributed by atoms with Crippen LogP contribution in [-0.4, -0.2) is 18.6 Å². The molecule has 1 atom stereocenters. The second-order valence-corrected chi connectivity index (χ2v) is 7.53. The monoisotopic (exact) mass is 422 g/mol. The number of benzene rings is 2. The summed E-state index contributed by atoms with van der Waals surface area (Å²) in [6, 6.07) is 14.4.